The van der Waals surface area contributed by atoms with Crippen LogP contribution in [-0.2, 0) is 29.4 Å². The molecule has 6 heteroatoms. The molecule has 138 valence electrons. The molecule has 1 aliphatic heterocycles. The molecule has 2 aromatic rings. The second-order valence-electron chi connectivity index (χ2n) is 7.33. The molecule has 1 fully saturated rings. The quantitative estimate of drug-likeness (QED) is 0.900. The molecule has 2 aliphatic rings. The maximum atomic E-state index is 12.7. The lowest BCUT2D eigenvalue weighted by molar-refractivity contribution is -0.126. The summed E-state index contributed by atoms with van der Waals surface area (Å²) >= 11 is 0. The minimum absolute atomic E-state index is 0.0314. The predicted octanol–water partition coefficient (Wildman–Crippen LogP) is 1.32. The van der Waals surface area contributed by atoms with Gasteiger partial charge in [-0.2, -0.15) is 5.10 Å². The molecule has 0 saturated carbocycles. The Kier molecular flexibility index (Phi) is 4.78. The van der Waals surface area contributed by atoms with Gasteiger partial charge in [0, 0.05) is 32.3 Å². The molecule has 26 heavy (non-hydrogen) atoms. The number of nitrogens with zero attached hydrogens (tertiary/aromatic N) is 3. The van der Waals surface area contributed by atoms with E-state index < -0.39 is 0 Å². The number of rotatable bonds is 4. The Morgan fingerprint density at radius 2 is 1.96 bits per heavy atom. The Labute approximate surface area is 154 Å². The maximum Gasteiger partial charge on any atom is 0.223 e. The molecule has 1 aromatic carbocycles. The SMILES string of the molecule is CN1CCO[C@@H](CNC(=O)C2Cc3ccccc3C2)[C@@H]1c1ccnn1C. The lowest BCUT2D eigenvalue weighted by Gasteiger charge is -2.39. The fraction of sp³-hybridized carbons (Fsp3) is 0.500. The third-order valence-electron chi connectivity index (χ3n) is 5.66. The molecule has 2 heterocycles. The smallest absolute Gasteiger partial charge is 0.223 e. The molecule has 6 nitrogen and oxygen atoms in total. The normalized spacial score (nSPS) is 23.8. The van der Waals surface area contributed by atoms with Crippen LogP contribution in [0.2, 0.25) is 0 Å². The number of carbonyl (C=O) groups is 1. The Morgan fingerprint density at radius 1 is 1.23 bits per heavy atom. The summed E-state index contributed by atoms with van der Waals surface area (Å²) in [5.41, 5.74) is 3.71. The van der Waals surface area contributed by atoms with Crippen molar-refractivity contribution in [2.45, 2.75) is 25.0 Å². The van der Waals surface area contributed by atoms with E-state index in [-0.39, 0.29) is 24.0 Å². The van der Waals surface area contributed by atoms with E-state index in [0.717, 1.165) is 25.1 Å². The molecule has 1 amide bonds. The molecule has 0 radical (unpaired) electrons. The standard InChI is InChI=1S/C20H26N4O2/c1-23-9-10-26-18(19(23)17-7-8-22-24(17)2)13-21-20(25)16-11-14-5-3-4-6-15(14)12-16/h3-8,16,18-19H,9-13H2,1-2H3,(H,21,25)/t18-,19-/m0/s1. The minimum atomic E-state index is -0.0723. The number of ether oxygens (including phenoxy) is 1. The average molecular weight is 354 g/mol. The number of aromatic nitrogens is 2. The molecular formula is C20H26N4O2. The van der Waals surface area contributed by atoms with Crippen molar-refractivity contribution in [1.82, 2.24) is 20.0 Å². The summed E-state index contributed by atoms with van der Waals surface area (Å²) < 4.78 is 7.90. The van der Waals surface area contributed by atoms with E-state index in [4.69, 9.17) is 4.74 Å². The Hall–Kier alpha value is -2.18. The summed E-state index contributed by atoms with van der Waals surface area (Å²) in [7, 11) is 4.05. The summed E-state index contributed by atoms with van der Waals surface area (Å²) in [4.78, 5) is 15.0. The molecule has 1 aliphatic carbocycles. The van der Waals surface area contributed by atoms with Crippen molar-refractivity contribution >= 4 is 5.91 Å². The van der Waals surface area contributed by atoms with E-state index in [1.54, 1.807) is 0 Å². The van der Waals surface area contributed by atoms with Crippen LogP contribution in [-0.4, -0.2) is 53.4 Å². The van der Waals surface area contributed by atoms with Crippen LogP contribution in [0.15, 0.2) is 36.5 Å². The Balaban J connectivity index is 1.40. The molecule has 0 spiro atoms. The van der Waals surface area contributed by atoms with Crippen molar-refractivity contribution in [3.8, 4) is 0 Å². The van der Waals surface area contributed by atoms with Crippen LogP contribution in [0.1, 0.15) is 22.9 Å². The number of fused-ring (bicyclic) bond motifs is 1. The molecule has 1 N–H and O–H groups in total. The number of aryl methyl sites for hydroxylation is 1. The van der Waals surface area contributed by atoms with E-state index in [1.807, 2.05) is 36.1 Å². The highest BCUT2D eigenvalue weighted by molar-refractivity contribution is 5.80. The van der Waals surface area contributed by atoms with Crippen LogP contribution >= 0.6 is 0 Å². The molecule has 4 rings (SSSR count). The van der Waals surface area contributed by atoms with Gasteiger partial charge in [-0.15, -0.1) is 0 Å². The van der Waals surface area contributed by atoms with Crippen LogP contribution in [0.4, 0.5) is 0 Å². The molecule has 0 bridgehead atoms. The van der Waals surface area contributed by atoms with Gasteiger partial charge in [-0.1, -0.05) is 24.3 Å². The summed E-state index contributed by atoms with van der Waals surface area (Å²) in [6.07, 6.45) is 3.40. The van der Waals surface area contributed by atoms with Gasteiger partial charge < -0.3 is 10.1 Å². The highest BCUT2D eigenvalue weighted by Gasteiger charge is 2.34. The van der Waals surface area contributed by atoms with Crippen molar-refractivity contribution in [2.75, 3.05) is 26.7 Å². The molecule has 1 saturated heterocycles. The largest absolute Gasteiger partial charge is 0.373 e. The number of likely N-dealkylation sites (N-methyl/N-ethyl adjacent to an activating group) is 1. The number of nitrogens with one attached hydrogen (secondary N) is 1. The van der Waals surface area contributed by atoms with Gasteiger partial charge in [0.2, 0.25) is 5.91 Å². The summed E-state index contributed by atoms with van der Waals surface area (Å²) in [5, 5.41) is 7.43. The van der Waals surface area contributed by atoms with E-state index >= 15 is 0 Å². The van der Waals surface area contributed by atoms with Crippen molar-refractivity contribution in [3.05, 3.63) is 53.3 Å². The van der Waals surface area contributed by atoms with Gasteiger partial charge in [-0.25, -0.2) is 0 Å². The second-order valence-corrected chi connectivity index (χ2v) is 7.33. The highest BCUT2D eigenvalue weighted by atomic mass is 16.5. The zero-order chi connectivity index (χ0) is 18.1. The first-order chi connectivity index (χ1) is 12.6. The summed E-state index contributed by atoms with van der Waals surface area (Å²) in [6.45, 7) is 2.07. The number of amides is 1. The monoisotopic (exact) mass is 354 g/mol. The van der Waals surface area contributed by atoms with Gasteiger partial charge in [0.15, 0.2) is 0 Å². The number of hydrogen-bond donors (Lipinski definition) is 1. The topological polar surface area (TPSA) is 59.4 Å². The number of morpholine rings is 1. The Morgan fingerprint density at radius 3 is 2.62 bits per heavy atom. The maximum absolute atomic E-state index is 12.7. The van der Waals surface area contributed by atoms with Crippen LogP contribution < -0.4 is 5.32 Å². The van der Waals surface area contributed by atoms with Gasteiger partial charge in [-0.05, 0) is 37.1 Å². The summed E-state index contributed by atoms with van der Waals surface area (Å²) in [5.74, 6) is 0.158. The van der Waals surface area contributed by atoms with Crippen molar-refractivity contribution < 1.29 is 9.53 Å². The molecular weight excluding hydrogens is 328 g/mol. The van der Waals surface area contributed by atoms with Crippen molar-refractivity contribution in [3.63, 3.8) is 0 Å². The van der Waals surface area contributed by atoms with Gasteiger partial charge in [0.25, 0.3) is 0 Å². The minimum Gasteiger partial charge on any atom is -0.373 e. The number of carbonyl (C=O) groups excluding carboxylic acids is 1. The Bertz CT molecular complexity index is 763. The lowest BCUT2D eigenvalue weighted by Crippen LogP contribution is -2.49. The zero-order valence-electron chi connectivity index (χ0n) is 15.4. The first-order valence-corrected chi connectivity index (χ1v) is 9.27. The fourth-order valence-corrected chi connectivity index (χ4v) is 4.21. The van der Waals surface area contributed by atoms with Crippen LogP contribution in [0, 0.1) is 5.92 Å². The summed E-state index contributed by atoms with van der Waals surface area (Å²) in [6, 6.07) is 10.5. The van der Waals surface area contributed by atoms with E-state index in [1.165, 1.54) is 11.1 Å². The number of benzene rings is 1. The third-order valence-corrected chi connectivity index (χ3v) is 5.66. The van der Waals surface area contributed by atoms with Crippen molar-refractivity contribution in [2.24, 2.45) is 13.0 Å². The van der Waals surface area contributed by atoms with Crippen molar-refractivity contribution in [1.29, 1.82) is 0 Å². The first-order valence-electron chi connectivity index (χ1n) is 9.27. The van der Waals surface area contributed by atoms with Crippen LogP contribution in [0.3, 0.4) is 0 Å². The van der Waals surface area contributed by atoms with Gasteiger partial charge in [0.05, 0.1) is 24.4 Å². The van der Waals surface area contributed by atoms with E-state index in [0.29, 0.717) is 13.2 Å². The van der Waals surface area contributed by atoms with Gasteiger partial charge in [0.1, 0.15) is 0 Å². The van der Waals surface area contributed by atoms with Gasteiger partial charge >= 0.3 is 0 Å². The number of hydrogen-bond acceptors (Lipinski definition) is 4. The van der Waals surface area contributed by atoms with E-state index in [9.17, 15) is 4.79 Å². The first kappa shape index (κ1) is 17.2. The zero-order valence-corrected chi connectivity index (χ0v) is 15.4. The molecule has 2 atom stereocenters. The molecule has 0 unspecified atom stereocenters. The molecule has 1 aromatic heterocycles. The van der Waals surface area contributed by atoms with Gasteiger partial charge in [-0.3, -0.25) is 14.4 Å². The van der Waals surface area contributed by atoms with Crippen LogP contribution in [0.25, 0.3) is 0 Å². The predicted molar refractivity (Wildman–Crippen MR) is 98.7 cm³/mol. The average Bonchev–Trinajstić information content (AvgIpc) is 3.26. The second kappa shape index (κ2) is 7.21. The fourth-order valence-electron chi connectivity index (χ4n) is 4.21. The van der Waals surface area contributed by atoms with Crippen LogP contribution in [0.5, 0.6) is 0 Å². The highest BCUT2D eigenvalue weighted by Crippen LogP contribution is 2.29. The third kappa shape index (κ3) is 3.27. The van der Waals surface area contributed by atoms with E-state index in [2.05, 4.69) is 34.5 Å². The lowest BCUT2D eigenvalue weighted by atomic mass is 10.0.